The Morgan fingerprint density at radius 1 is 0.886 bits per heavy atom. The third-order valence-corrected chi connectivity index (χ3v) is 5.84. The van der Waals surface area contributed by atoms with Crippen LogP contribution in [0, 0.1) is 0 Å². The second kappa shape index (κ2) is 11.7. The Labute approximate surface area is 209 Å². The maximum Gasteiger partial charge on any atom is 0.330 e. The minimum absolute atomic E-state index is 0.0119. The Kier molecular flexibility index (Phi) is 8.20. The summed E-state index contributed by atoms with van der Waals surface area (Å²) < 4.78 is 16.4. The lowest BCUT2D eigenvalue weighted by Gasteiger charge is -2.36. The second-order valence-electron chi connectivity index (χ2n) is 8.12. The molecule has 35 heavy (non-hydrogen) atoms. The Bertz CT molecular complexity index is 1100. The summed E-state index contributed by atoms with van der Waals surface area (Å²) in [5, 5.41) is 11.2. The fourth-order valence-electron chi connectivity index (χ4n) is 3.69. The molecule has 0 saturated carbocycles. The summed E-state index contributed by atoms with van der Waals surface area (Å²) >= 11 is 1.13. The molecule has 0 unspecified atom stereocenters. The van der Waals surface area contributed by atoms with Gasteiger partial charge in [0, 0.05) is 25.6 Å². The first-order valence-electron chi connectivity index (χ1n) is 11.2. The number of nitrogens with zero attached hydrogens (tertiary/aromatic N) is 4. The molecule has 3 aromatic carbocycles. The van der Waals surface area contributed by atoms with Gasteiger partial charge in [-0.2, -0.15) is 4.98 Å². The molecule has 0 saturated heterocycles. The first-order valence-corrected chi connectivity index (χ1v) is 12.0. The lowest BCUT2D eigenvalue weighted by atomic mass is 9.80. The Morgan fingerprint density at radius 2 is 1.40 bits per heavy atom. The van der Waals surface area contributed by atoms with Gasteiger partial charge >= 0.3 is 6.01 Å². The third-order valence-electron chi connectivity index (χ3n) is 5.23. The van der Waals surface area contributed by atoms with Crippen LogP contribution in [0.3, 0.4) is 0 Å². The van der Waals surface area contributed by atoms with Crippen molar-refractivity contribution in [2.24, 2.45) is 4.99 Å². The molecule has 1 heterocycles. The molecule has 0 aliphatic carbocycles. The largest absolute Gasteiger partial charge is 0.460 e. The van der Waals surface area contributed by atoms with Crippen molar-refractivity contribution in [1.29, 1.82) is 0 Å². The van der Waals surface area contributed by atoms with Crippen molar-refractivity contribution in [1.82, 2.24) is 14.3 Å². The number of aliphatic imine (C=N–C) groups is 1. The smallest absolute Gasteiger partial charge is 0.330 e. The fraction of sp³-hybridized carbons (Fsp3) is 0.222. The highest BCUT2D eigenvalue weighted by Gasteiger charge is 2.38. The maximum absolute atomic E-state index is 10.8. The first kappa shape index (κ1) is 24.5. The number of rotatable bonds is 11. The van der Waals surface area contributed by atoms with Crippen molar-refractivity contribution in [3.05, 3.63) is 108 Å². The molecule has 7 nitrogen and oxygen atoms in total. The number of aromatic nitrogens is 2. The summed E-state index contributed by atoms with van der Waals surface area (Å²) in [6, 6.07) is 30.3. The molecule has 4 aromatic rings. The standard InChI is InChI=1S/C27H28N4O3S/c1-31(2)20-28-26-29-25(30-35-26)33-18-24(32)19-34-27(21-12-6-3-7-13-21,22-14-8-4-9-15-22)23-16-10-5-11-17-23/h3-17,20,24,32H,18-19H2,1-2H3/t24-/m0/s1. The van der Waals surface area contributed by atoms with E-state index in [1.165, 1.54) is 0 Å². The van der Waals surface area contributed by atoms with E-state index in [1.807, 2.05) is 110 Å². The molecule has 0 bridgehead atoms. The van der Waals surface area contributed by atoms with Gasteiger partial charge in [-0.3, -0.25) is 0 Å². The van der Waals surface area contributed by atoms with Crippen LogP contribution in [0.1, 0.15) is 16.7 Å². The zero-order valence-corrected chi connectivity index (χ0v) is 20.5. The fourth-order valence-corrected chi connectivity index (χ4v) is 4.15. The highest BCUT2D eigenvalue weighted by Crippen LogP contribution is 2.40. The van der Waals surface area contributed by atoms with Gasteiger partial charge in [0.25, 0.3) is 0 Å². The van der Waals surface area contributed by atoms with Gasteiger partial charge in [0.15, 0.2) is 0 Å². The molecule has 180 valence electrons. The van der Waals surface area contributed by atoms with Gasteiger partial charge in [-0.25, -0.2) is 4.99 Å². The lowest BCUT2D eigenvalue weighted by molar-refractivity contribution is -0.0500. The zero-order chi connectivity index (χ0) is 24.5. The summed E-state index contributed by atoms with van der Waals surface area (Å²) in [7, 11) is 3.75. The summed E-state index contributed by atoms with van der Waals surface area (Å²) in [5.74, 6) is 0. The predicted molar refractivity (Wildman–Crippen MR) is 138 cm³/mol. The van der Waals surface area contributed by atoms with E-state index in [4.69, 9.17) is 9.47 Å². The van der Waals surface area contributed by atoms with Crippen LogP contribution in [-0.4, -0.2) is 59.1 Å². The molecule has 0 spiro atoms. The van der Waals surface area contributed by atoms with Crippen LogP contribution in [0.4, 0.5) is 5.13 Å². The molecule has 1 atom stereocenters. The molecule has 8 heteroatoms. The van der Waals surface area contributed by atoms with Crippen molar-refractivity contribution in [3.8, 4) is 6.01 Å². The number of aliphatic hydroxyl groups is 1. The summed E-state index contributed by atoms with van der Waals surface area (Å²) in [6.07, 6.45) is 0.742. The minimum Gasteiger partial charge on any atom is -0.460 e. The van der Waals surface area contributed by atoms with E-state index in [-0.39, 0.29) is 19.2 Å². The number of ether oxygens (including phenoxy) is 2. The molecule has 1 N–H and O–H groups in total. The summed E-state index contributed by atoms with van der Waals surface area (Å²) in [5.41, 5.74) is 2.00. The highest BCUT2D eigenvalue weighted by atomic mass is 32.1. The minimum atomic E-state index is -0.905. The normalized spacial score (nSPS) is 12.5. The number of hydrogen-bond donors (Lipinski definition) is 1. The van der Waals surface area contributed by atoms with E-state index in [0.29, 0.717) is 5.13 Å². The van der Waals surface area contributed by atoms with Crippen molar-refractivity contribution < 1.29 is 14.6 Å². The van der Waals surface area contributed by atoms with Gasteiger partial charge in [0.05, 0.1) is 12.9 Å². The molecular formula is C27H28N4O3S. The van der Waals surface area contributed by atoms with Crippen LogP contribution in [0.25, 0.3) is 0 Å². The van der Waals surface area contributed by atoms with Crippen LogP contribution < -0.4 is 4.74 Å². The summed E-state index contributed by atoms with van der Waals surface area (Å²) in [4.78, 5) is 10.2. The second-order valence-corrected chi connectivity index (χ2v) is 8.85. The topological polar surface area (TPSA) is 80.1 Å². The molecule has 0 radical (unpaired) electrons. The van der Waals surface area contributed by atoms with E-state index in [2.05, 4.69) is 14.3 Å². The molecule has 4 rings (SSSR count). The monoisotopic (exact) mass is 488 g/mol. The van der Waals surface area contributed by atoms with Crippen LogP contribution in [0.15, 0.2) is 96.0 Å². The molecule has 1 aromatic heterocycles. The van der Waals surface area contributed by atoms with Crippen molar-refractivity contribution in [3.63, 3.8) is 0 Å². The quantitative estimate of drug-likeness (QED) is 0.190. The lowest BCUT2D eigenvalue weighted by Crippen LogP contribution is -2.37. The zero-order valence-electron chi connectivity index (χ0n) is 19.7. The number of hydrogen-bond acceptors (Lipinski definition) is 7. The SMILES string of the molecule is CN(C)C=Nc1nc(OC[C@H](O)COC(c2ccccc2)(c2ccccc2)c2ccccc2)ns1. The average Bonchev–Trinajstić information content (AvgIpc) is 3.36. The molecular weight excluding hydrogens is 460 g/mol. The van der Waals surface area contributed by atoms with E-state index in [1.54, 1.807) is 6.34 Å². The highest BCUT2D eigenvalue weighted by molar-refractivity contribution is 7.09. The van der Waals surface area contributed by atoms with Gasteiger partial charge in [-0.15, -0.1) is 4.37 Å². The van der Waals surface area contributed by atoms with Crippen molar-refractivity contribution in [2.75, 3.05) is 27.3 Å². The molecule has 0 amide bonds. The van der Waals surface area contributed by atoms with Crippen LogP contribution in [-0.2, 0) is 10.3 Å². The average molecular weight is 489 g/mol. The van der Waals surface area contributed by atoms with Gasteiger partial charge in [0.1, 0.15) is 18.3 Å². The Hall–Kier alpha value is -3.59. The van der Waals surface area contributed by atoms with Crippen LogP contribution in [0.5, 0.6) is 6.01 Å². The number of aliphatic hydroxyl groups excluding tert-OH is 1. The summed E-state index contributed by atoms with van der Waals surface area (Å²) in [6.45, 7) is 0.0243. The third kappa shape index (κ3) is 6.10. The van der Waals surface area contributed by atoms with E-state index in [0.717, 1.165) is 28.2 Å². The number of benzene rings is 3. The Morgan fingerprint density at radius 3 is 1.89 bits per heavy atom. The Balaban J connectivity index is 1.54. The van der Waals surface area contributed by atoms with Gasteiger partial charge < -0.3 is 19.5 Å². The van der Waals surface area contributed by atoms with Gasteiger partial charge in [0.2, 0.25) is 5.13 Å². The van der Waals surface area contributed by atoms with E-state index >= 15 is 0 Å². The molecule has 0 aliphatic rings. The van der Waals surface area contributed by atoms with Gasteiger partial charge in [-0.05, 0) is 16.7 Å². The predicted octanol–water partition coefficient (Wildman–Crippen LogP) is 4.51. The van der Waals surface area contributed by atoms with E-state index < -0.39 is 11.7 Å². The molecule has 0 fully saturated rings. The first-order chi connectivity index (χ1) is 17.1. The van der Waals surface area contributed by atoms with Crippen LogP contribution >= 0.6 is 11.5 Å². The van der Waals surface area contributed by atoms with Crippen molar-refractivity contribution in [2.45, 2.75) is 11.7 Å². The van der Waals surface area contributed by atoms with Gasteiger partial charge in [-0.1, -0.05) is 91.0 Å². The van der Waals surface area contributed by atoms with Crippen LogP contribution in [0.2, 0.25) is 0 Å². The maximum atomic E-state index is 10.8. The molecule has 0 aliphatic heterocycles. The van der Waals surface area contributed by atoms with E-state index in [9.17, 15) is 5.11 Å². The van der Waals surface area contributed by atoms with Crippen molar-refractivity contribution >= 4 is 23.0 Å².